The molecule has 0 saturated carbocycles. The van der Waals surface area contributed by atoms with Gasteiger partial charge in [-0.1, -0.05) is 6.07 Å². The van der Waals surface area contributed by atoms with Crippen LogP contribution in [0, 0.1) is 0 Å². The summed E-state index contributed by atoms with van der Waals surface area (Å²) in [4.78, 5) is 20.7. The van der Waals surface area contributed by atoms with Crippen LogP contribution >= 0.6 is 23.1 Å². The number of hydrogen-bond acceptors (Lipinski definition) is 6. The second-order valence-electron chi connectivity index (χ2n) is 5.08. The third-order valence-electron chi connectivity index (χ3n) is 3.35. The van der Waals surface area contributed by atoms with Crippen molar-refractivity contribution in [2.24, 2.45) is 0 Å². The number of aromatic nitrogens is 2. The van der Waals surface area contributed by atoms with Gasteiger partial charge in [0.1, 0.15) is 5.75 Å². The molecular weight excluding hydrogens is 354 g/mol. The Morgan fingerprint density at radius 3 is 2.80 bits per heavy atom. The molecule has 0 aliphatic rings. The van der Waals surface area contributed by atoms with E-state index >= 15 is 0 Å². The normalized spacial score (nSPS) is 10.4. The summed E-state index contributed by atoms with van der Waals surface area (Å²) < 4.78 is 5.15. The molecule has 2 heterocycles. The molecule has 128 valence electrons. The SMILES string of the molecule is COc1ccc(-c2csc(NC(=O)CCSc3ccccn3)n2)cc1. The molecule has 2 aromatic heterocycles. The molecule has 0 radical (unpaired) electrons. The molecule has 1 aromatic carbocycles. The minimum absolute atomic E-state index is 0.0425. The number of pyridine rings is 1. The van der Waals surface area contributed by atoms with Crippen molar-refractivity contribution < 1.29 is 9.53 Å². The van der Waals surface area contributed by atoms with Crippen molar-refractivity contribution in [1.29, 1.82) is 0 Å². The Bertz CT molecular complexity index is 820. The molecule has 0 fully saturated rings. The predicted octanol–water partition coefficient (Wildman–Crippen LogP) is 4.33. The van der Waals surface area contributed by atoms with E-state index < -0.39 is 0 Å². The van der Waals surface area contributed by atoms with E-state index in [1.165, 1.54) is 11.3 Å². The topological polar surface area (TPSA) is 64.1 Å². The van der Waals surface area contributed by atoms with Gasteiger partial charge in [0.25, 0.3) is 0 Å². The number of nitrogens with zero attached hydrogens (tertiary/aromatic N) is 2. The fourth-order valence-corrected chi connectivity index (χ4v) is 3.63. The number of rotatable bonds is 7. The lowest BCUT2D eigenvalue weighted by Crippen LogP contribution is -2.11. The first-order valence-corrected chi connectivity index (χ1v) is 9.55. The Morgan fingerprint density at radius 2 is 2.08 bits per heavy atom. The second kappa shape index (κ2) is 8.64. The predicted molar refractivity (Wildman–Crippen MR) is 102 cm³/mol. The van der Waals surface area contributed by atoms with E-state index in [1.54, 1.807) is 25.1 Å². The quantitative estimate of drug-likeness (QED) is 0.626. The van der Waals surface area contributed by atoms with Gasteiger partial charge in [0.15, 0.2) is 5.13 Å². The van der Waals surface area contributed by atoms with Crippen LogP contribution in [0.3, 0.4) is 0 Å². The van der Waals surface area contributed by atoms with E-state index in [4.69, 9.17) is 4.74 Å². The van der Waals surface area contributed by atoms with E-state index in [2.05, 4.69) is 15.3 Å². The average molecular weight is 371 g/mol. The third kappa shape index (κ3) is 5.04. The zero-order chi connectivity index (χ0) is 17.5. The van der Waals surface area contributed by atoms with E-state index in [9.17, 15) is 4.79 Å². The maximum Gasteiger partial charge on any atom is 0.226 e. The summed E-state index contributed by atoms with van der Waals surface area (Å²) in [6.07, 6.45) is 2.16. The highest BCUT2D eigenvalue weighted by Crippen LogP contribution is 2.26. The van der Waals surface area contributed by atoms with Crippen LogP contribution in [0.25, 0.3) is 11.3 Å². The van der Waals surface area contributed by atoms with Crippen LogP contribution in [0.5, 0.6) is 5.75 Å². The molecule has 0 aliphatic heterocycles. The summed E-state index contributed by atoms with van der Waals surface area (Å²) in [5.74, 6) is 1.44. The summed E-state index contributed by atoms with van der Waals surface area (Å²) in [5.41, 5.74) is 1.83. The second-order valence-corrected chi connectivity index (χ2v) is 7.05. The third-order valence-corrected chi connectivity index (χ3v) is 5.06. The fraction of sp³-hybridized carbons (Fsp3) is 0.167. The first kappa shape index (κ1) is 17.4. The lowest BCUT2D eigenvalue weighted by atomic mass is 10.2. The maximum atomic E-state index is 12.0. The van der Waals surface area contributed by atoms with Crippen molar-refractivity contribution in [3.05, 3.63) is 54.0 Å². The zero-order valence-corrected chi connectivity index (χ0v) is 15.3. The lowest BCUT2D eigenvalue weighted by molar-refractivity contribution is -0.115. The van der Waals surface area contributed by atoms with Crippen molar-refractivity contribution in [2.75, 3.05) is 18.2 Å². The van der Waals surface area contributed by atoms with Crippen LogP contribution in [0.4, 0.5) is 5.13 Å². The monoisotopic (exact) mass is 371 g/mol. The highest BCUT2D eigenvalue weighted by molar-refractivity contribution is 7.99. The molecule has 7 heteroatoms. The minimum Gasteiger partial charge on any atom is -0.497 e. The molecule has 1 amide bonds. The minimum atomic E-state index is -0.0425. The van der Waals surface area contributed by atoms with Crippen LogP contribution in [-0.2, 0) is 4.79 Å². The number of carbonyl (C=O) groups is 1. The van der Waals surface area contributed by atoms with Crippen LogP contribution in [0.1, 0.15) is 6.42 Å². The van der Waals surface area contributed by atoms with Crippen LogP contribution < -0.4 is 10.1 Å². The van der Waals surface area contributed by atoms with Gasteiger partial charge in [0.05, 0.1) is 17.8 Å². The number of amides is 1. The van der Waals surface area contributed by atoms with Gasteiger partial charge in [-0.3, -0.25) is 4.79 Å². The Labute approximate surface area is 154 Å². The number of thioether (sulfide) groups is 1. The first-order chi connectivity index (χ1) is 12.2. The molecule has 0 unspecified atom stereocenters. The molecule has 5 nitrogen and oxygen atoms in total. The smallest absolute Gasteiger partial charge is 0.226 e. The highest BCUT2D eigenvalue weighted by Gasteiger charge is 2.08. The van der Waals surface area contributed by atoms with Gasteiger partial charge in [0, 0.05) is 29.3 Å². The van der Waals surface area contributed by atoms with E-state index in [0.717, 1.165) is 22.0 Å². The van der Waals surface area contributed by atoms with Crippen molar-refractivity contribution in [3.8, 4) is 17.0 Å². The number of methoxy groups -OCH3 is 1. The number of nitrogens with one attached hydrogen (secondary N) is 1. The molecule has 0 atom stereocenters. The molecule has 25 heavy (non-hydrogen) atoms. The number of anilines is 1. The van der Waals surface area contributed by atoms with Gasteiger partial charge >= 0.3 is 0 Å². The van der Waals surface area contributed by atoms with Crippen molar-refractivity contribution >= 4 is 34.1 Å². The standard InChI is InChI=1S/C18H17N3O2S2/c1-23-14-7-5-13(6-8-14)15-12-25-18(20-15)21-16(22)9-11-24-17-4-2-3-10-19-17/h2-8,10,12H,9,11H2,1H3,(H,20,21,22). The van der Waals surface area contributed by atoms with Crippen molar-refractivity contribution in [1.82, 2.24) is 9.97 Å². The van der Waals surface area contributed by atoms with Gasteiger partial charge in [-0.25, -0.2) is 9.97 Å². The summed E-state index contributed by atoms with van der Waals surface area (Å²) in [7, 11) is 1.64. The van der Waals surface area contributed by atoms with E-state index in [1.807, 2.05) is 47.8 Å². The van der Waals surface area contributed by atoms with Crippen LogP contribution in [-0.4, -0.2) is 28.7 Å². The molecule has 0 spiro atoms. The summed E-state index contributed by atoms with van der Waals surface area (Å²) in [6.45, 7) is 0. The van der Waals surface area contributed by atoms with Gasteiger partial charge in [-0.15, -0.1) is 23.1 Å². The molecule has 3 aromatic rings. The Kier molecular flexibility index (Phi) is 6.03. The largest absolute Gasteiger partial charge is 0.497 e. The molecular formula is C18H17N3O2S2. The van der Waals surface area contributed by atoms with Gasteiger partial charge in [0.2, 0.25) is 5.91 Å². The number of carbonyl (C=O) groups excluding carboxylic acids is 1. The van der Waals surface area contributed by atoms with Crippen molar-refractivity contribution in [3.63, 3.8) is 0 Å². The summed E-state index contributed by atoms with van der Waals surface area (Å²) in [5, 5.41) is 6.31. The van der Waals surface area contributed by atoms with E-state index in [0.29, 0.717) is 17.3 Å². The highest BCUT2D eigenvalue weighted by atomic mass is 32.2. The molecule has 0 saturated heterocycles. The molecule has 3 rings (SSSR count). The first-order valence-electron chi connectivity index (χ1n) is 7.68. The Hall–Kier alpha value is -2.38. The molecule has 0 aliphatic carbocycles. The average Bonchev–Trinajstić information content (AvgIpc) is 3.11. The fourth-order valence-electron chi connectivity index (χ4n) is 2.09. The summed E-state index contributed by atoms with van der Waals surface area (Å²) in [6, 6.07) is 13.4. The molecule has 1 N–H and O–H groups in total. The van der Waals surface area contributed by atoms with Gasteiger partial charge in [-0.05, 0) is 36.4 Å². The summed E-state index contributed by atoms with van der Waals surface area (Å²) >= 11 is 2.98. The van der Waals surface area contributed by atoms with E-state index in [-0.39, 0.29) is 5.91 Å². The Balaban J connectivity index is 1.51. The van der Waals surface area contributed by atoms with Gasteiger partial charge in [-0.2, -0.15) is 0 Å². The van der Waals surface area contributed by atoms with Crippen molar-refractivity contribution in [2.45, 2.75) is 11.4 Å². The van der Waals surface area contributed by atoms with Crippen LogP contribution in [0.15, 0.2) is 59.1 Å². The Morgan fingerprint density at radius 1 is 1.24 bits per heavy atom. The number of thiazole rings is 1. The number of ether oxygens (including phenoxy) is 1. The maximum absolute atomic E-state index is 12.0. The zero-order valence-electron chi connectivity index (χ0n) is 13.6. The molecule has 0 bridgehead atoms. The van der Waals surface area contributed by atoms with Gasteiger partial charge < -0.3 is 10.1 Å². The lowest BCUT2D eigenvalue weighted by Gasteiger charge is -2.02. The number of hydrogen-bond donors (Lipinski definition) is 1. The number of benzene rings is 1. The van der Waals surface area contributed by atoms with Crippen LogP contribution in [0.2, 0.25) is 0 Å².